The van der Waals surface area contributed by atoms with Crippen LogP contribution in [-0.2, 0) is 9.47 Å². The first-order valence-corrected chi connectivity index (χ1v) is 12.1. The third-order valence-electron chi connectivity index (χ3n) is 7.89. The quantitative estimate of drug-likeness (QED) is 0.629. The monoisotopic (exact) mass is 414 g/mol. The van der Waals surface area contributed by atoms with Crippen molar-refractivity contribution in [1.29, 1.82) is 0 Å². The minimum absolute atomic E-state index is 0.162. The molecule has 30 heavy (non-hydrogen) atoms. The lowest BCUT2D eigenvalue weighted by atomic mass is 9.54. The van der Waals surface area contributed by atoms with Crippen LogP contribution in [0.2, 0.25) is 0 Å². The van der Waals surface area contributed by atoms with Crippen molar-refractivity contribution < 1.29 is 14.6 Å². The molecular formula is C25H38N2O3. The molecule has 1 aliphatic heterocycles. The fourth-order valence-corrected chi connectivity index (χ4v) is 6.92. The molecule has 0 radical (unpaired) electrons. The molecule has 1 aromatic carbocycles. The van der Waals surface area contributed by atoms with Crippen LogP contribution in [0.5, 0.6) is 0 Å². The Labute approximate surface area is 181 Å². The molecule has 5 aliphatic rings. The van der Waals surface area contributed by atoms with Crippen molar-refractivity contribution in [3.63, 3.8) is 0 Å². The van der Waals surface area contributed by atoms with Gasteiger partial charge in [0.25, 0.3) is 0 Å². The van der Waals surface area contributed by atoms with Gasteiger partial charge in [-0.3, -0.25) is 4.90 Å². The number of rotatable bonds is 9. The van der Waals surface area contributed by atoms with Gasteiger partial charge in [-0.2, -0.15) is 0 Å². The van der Waals surface area contributed by atoms with Crippen LogP contribution in [0.25, 0.3) is 0 Å². The van der Waals surface area contributed by atoms with Crippen molar-refractivity contribution in [3.8, 4) is 0 Å². The molecule has 1 saturated heterocycles. The van der Waals surface area contributed by atoms with E-state index in [4.69, 9.17) is 9.47 Å². The SMILES string of the molecule is O[C@H](COCCOC12CC3CC(CC(C3)C1)C2)CN1CCN(c2ccccc2)CC1. The molecule has 1 N–H and O–H groups in total. The summed E-state index contributed by atoms with van der Waals surface area (Å²) in [5.74, 6) is 2.75. The number of β-amino-alcohol motifs (C(OH)–C–C–N with tert-alkyl or cyclic N) is 1. The van der Waals surface area contributed by atoms with Crippen LogP contribution in [-0.4, -0.2) is 74.3 Å². The maximum absolute atomic E-state index is 10.4. The Hall–Kier alpha value is -1.14. The van der Waals surface area contributed by atoms with Crippen molar-refractivity contribution in [2.75, 3.05) is 57.4 Å². The summed E-state index contributed by atoms with van der Waals surface area (Å²) in [7, 11) is 0. The highest BCUT2D eigenvalue weighted by Crippen LogP contribution is 2.57. The highest BCUT2D eigenvalue weighted by Gasteiger charge is 2.51. The first-order chi connectivity index (χ1) is 14.7. The van der Waals surface area contributed by atoms with Crippen molar-refractivity contribution in [2.45, 2.75) is 50.2 Å². The molecule has 4 saturated carbocycles. The first-order valence-electron chi connectivity index (χ1n) is 12.1. The van der Waals surface area contributed by atoms with E-state index in [9.17, 15) is 5.11 Å². The summed E-state index contributed by atoms with van der Waals surface area (Å²) >= 11 is 0. The van der Waals surface area contributed by atoms with Crippen LogP contribution in [0.3, 0.4) is 0 Å². The summed E-state index contributed by atoms with van der Waals surface area (Å²) in [4.78, 5) is 4.76. The second-order valence-electron chi connectivity index (χ2n) is 10.3. The highest BCUT2D eigenvalue weighted by molar-refractivity contribution is 5.46. The van der Waals surface area contributed by atoms with Gasteiger partial charge in [0.15, 0.2) is 0 Å². The largest absolute Gasteiger partial charge is 0.389 e. The van der Waals surface area contributed by atoms with Gasteiger partial charge in [-0.15, -0.1) is 0 Å². The summed E-state index contributed by atoms with van der Waals surface area (Å²) in [6.07, 6.45) is 7.75. The van der Waals surface area contributed by atoms with E-state index >= 15 is 0 Å². The number of ether oxygens (including phenoxy) is 2. The average molecular weight is 415 g/mol. The van der Waals surface area contributed by atoms with E-state index in [0.29, 0.717) is 26.4 Å². The summed E-state index contributed by atoms with van der Waals surface area (Å²) in [6.45, 7) is 6.37. The lowest BCUT2D eigenvalue weighted by molar-refractivity contribution is -0.170. The van der Waals surface area contributed by atoms with Crippen LogP contribution in [0.15, 0.2) is 30.3 Å². The number of piperazine rings is 1. The number of hydrogen-bond donors (Lipinski definition) is 1. The zero-order valence-electron chi connectivity index (χ0n) is 18.3. The van der Waals surface area contributed by atoms with E-state index in [2.05, 4.69) is 40.1 Å². The Morgan fingerprint density at radius 2 is 1.53 bits per heavy atom. The van der Waals surface area contributed by atoms with E-state index in [0.717, 1.165) is 43.9 Å². The Balaban J connectivity index is 0.961. The van der Waals surface area contributed by atoms with Crippen LogP contribution in [0.4, 0.5) is 5.69 Å². The van der Waals surface area contributed by atoms with E-state index < -0.39 is 6.10 Å². The third-order valence-corrected chi connectivity index (χ3v) is 7.89. The predicted octanol–water partition coefficient (Wildman–Crippen LogP) is 3.17. The number of hydrogen-bond acceptors (Lipinski definition) is 5. The van der Waals surface area contributed by atoms with Gasteiger partial charge in [0, 0.05) is 38.4 Å². The summed E-state index contributed by atoms with van der Waals surface area (Å²) in [6, 6.07) is 10.6. The summed E-state index contributed by atoms with van der Waals surface area (Å²) in [5.41, 5.74) is 1.45. The molecule has 4 bridgehead atoms. The Morgan fingerprint density at radius 3 is 2.17 bits per heavy atom. The number of nitrogens with zero attached hydrogens (tertiary/aromatic N) is 2. The molecule has 5 fully saturated rings. The van der Waals surface area contributed by atoms with Crippen molar-refractivity contribution in [1.82, 2.24) is 4.90 Å². The number of para-hydroxylation sites is 1. The van der Waals surface area contributed by atoms with Crippen LogP contribution >= 0.6 is 0 Å². The minimum atomic E-state index is -0.423. The maximum Gasteiger partial charge on any atom is 0.0900 e. The van der Waals surface area contributed by atoms with E-state index in [1.807, 2.05) is 0 Å². The Morgan fingerprint density at radius 1 is 0.900 bits per heavy atom. The fraction of sp³-hybridized carbons (Fsp3) is 0.760. The van der Waals surface area contributed by atoms with E-state index in [-0.39, 0.29) is 5.60 Å². The zero-order chi connectivity index (χ0) is 20.4. The number of aliphatic hydroxyl groups is 1. The first kappa shape index (κ1) is 20.7. The Bertz CT molecular complexity index is 639. The van der Waals surface area contributed by atoms with Crippen molar-refractivity contribution in [2.24, 2.45) is 17.8 Å². The lowest BCUT2D eigenvalue weighted by Crippen LogP contribution is -2.52. The zero-order valence-corrected chi connectivity index (χ0v) is 18.3. The molecule has 1 aromatic rings. The molecule has 1 heterocycles. The molecule has 166 valence electrons. The van der Waals surface area contributed by atoms with Gasteiger partial charge in [0.05, 0.1) is 31.5 Å². The molecule has 0 amide bonds. The second-order valence-corrected chi connectivity index (χ2v) is 10.3. The topological polar surface area (TPSA) is 45.2 Å². The number of aliphatic hydroxyl groups excluding tert-OH is 1. The number of benzene rings is 1. The number of anilines is 1. The average Bonchev–Trinajstić information content (AvgIpc) is 2.74. The maximum atomic E-state index is 10.4. The minimum Gasteiger partial charge on any atom is -0.389 e. The molecule has 5 heteroatoms. The molecule has 6 rings (SSSR count). The van der Waals surface area contributed by atoms with Gasteiger partial charge in [0.1, 0.15) is 0 Å². The second kappa shape index (κ2) is 9.15. The highest BCUT2D eigenvalue weighted by atomic mass is 16.5. The van der Waals surface area contributed by atoms with E-state index in [1.165, 1.54) is 44.2 Å². The van der Waals surface area contributed by atoms with Gasteiger partial charge in [0.2, 0.25) is 0 Å². The van der Waals surface area contributed by atoms with Gasteiger partial charge >= 0.3 is 0 Å². The third kappa shape index (κ3) is 4.85. The Kier molecular flexibility index (Phi) is 6.33. The summed E-state index contributed by atoms with van der Waals surface area (Å²) in [5, 5.41) is 10.4. The lowest BCUT2D eigenvalue weighted by Gasteiger charge is -2.56. The van der Waals surface area contributed by atoms with Crippen molar-refractivity contribution in [3.05, 3.63) is 30.3 Å². The molecule has 5 nitrogen and oxygen atoms in total. The molecule has 0 spiro atoms. The predicted molar refractivity (Wildman–Crippen MR) is 119 cm³/mol. The van der Waals surface area contributed by atoms with Gasteiger partial charge in [-0.05, 0) is 68.4 Å². The van der Waals surface area contributed by atoms with Crippen LogP contribution in [0.1, 0.15) is 38.5 Å². The van der Waals surface area contributed by atoms with Gasteiger partial charge in [-0.1, -0.05) is 18.2 Å². The standard InChI is InChI=1S/C25H38N2O3/c28-24(18-26-6-8-27(9-7-26)23-4-2-1-3-5-23)19-29-10-11-30-25-15-20-12-21(16-25)14-22(13-20)17-25/h1-5,20-22,24,28H,6-19H2/t20?,21?,22?,24-,25?/m0/s1. The van der Waals surface area contributed by atoms with Crippen LogP contribution in [0, 0.1) is 17.8 Å². The van der Waals surface area contributed by atoms with E-state index in [1.54, 1.807) is 0 Å². The van der Waals surface area contributed by atoms with Gasteiger partial charge < -0.3 is 19.5 Å². The normalized spacial score (nSPS) is 34.4. The molecule has 4 aliphatic carbocycles. The summed E-state index contributed by atoms with van der Waals surface area (Å²) < 4.78 is 12.2. The fourth-order valence-electron chi connectivity index (χ4n) is 6.92. The molecule has 0 unspecified atom stereocenters. The van der Waals surface area contributed by atoms with Crippen molar-refractivity contribution >= 4 is 5.69 Å². The molecule has 0 aromatic heterocycles. The van der Waals surface area contributed by atoms with Gasteiger partial charge in [-0.25, -0.2) is 0 Å². The van der Waals surface area contributed by atoms with Crippen LogP contribution < -0.4 is 4.90 Å². The smallest absolute Gasteiger partial charge is 0.0900 e. The molecular weight excluding hydrogens is 376 g/mol. The molecule has 1 atom stereocenters.